The number of hydrogen-bond acceptors (Lipinski definition) is 3. The molecule has 0 fully saturated rings. The van der Waals surface area contributed by atoms with Crippen molar-refractivity contribution < 1.29 is 5.21 Å². The number of rotatable bonds is 0. The minimum atomic E-state index is 0.758. The molecule has 0 amide bonds. The molecule has 56 valence electrons. The van der Waals surface area contributed by atoms with Crippen LogP contribution in [-0.4, -0.2) is 15.9 Å². The first-order valence-electron chi connectivity index (χ1n) is 3.56. The highest BCUT2D eigenvalue weighted by atomic mass is 16.4. The average Bonchev–Trinajstić information content (AvgIpc) is 2.47. The molecule has 1 N–H and O–H groups in total. The molecule has 0 bridgehead atoms. The van der Waals surface area contributed by atoms with Gasteiger partial charge in [-0.05, 0) is 24.5 Å². The molecule has 1 aromatic heterocycles. The van der Waals surface area contributed by atoms with Crippen LogP contribution < -0.4 is 0 Å². The summed E-state index contributed by atoms with van der Waals surface area (Å²) < 4.78 is 0. The third-order valence-corrected chi connectivity index (χ3v) is 1.97. The van der Waals surface area contributed by atoms with Gasteiger partial charge in [-0.25, -0.2) is 0 Å². The number of hydrogen-bond donors (Lipinski definition) is 1. The Bertz CT molecular complexity index is 307. The molecule has 0 unspecified atom stereocenters. The van der Waals surface area contributed by atoms with Crippen molar-refractivity contribution in [3.63, 3.8) is 0 Å². The normalized spacial score (nSPS) is 18.7. The summed E-state index contributed by atoms with van der Waals surface area (Å²) in [5.74, 6) is 0. The van der Waals surface area contributed by atoms with E-state index in [1.807, 2.05) is 6.07 Å². The molecule has 2 rings (SSSR count). The fraction of sp³-hybridized carbons (Fsp3) is 0.250. The SMILES string of the molecule is O/N=C1\CCc2ccncc21. The summed E-state index contributed by atoms with van der Waals surface area (Å²) in [5.41, 5.74) is 2.98. The topological polar surface area (TPSA) is 45.5 Å². The van der Waals surface area contributed by atoms with Gasteiger partial charge < -0.3 is 5.21 Å². The maximum atomic E-state index is 8.57. The van der Waals surface area contributed by atoms with Crippen LogP contribution in [0.4, 0.5) is 0 Å². The molecule has 1 aromatic rings. The van der Waals surface area contributed by atoms with Crippen LogP contribution in [0.15, 0.2) is 23.6 Å². The monoisotopic (exact) mass is 148 g/mol. The van der Waals surface area contributed by atoms with Crippen molar-refractivity contribution in [3.05, 3.63) is 29.6 Å². The maximum Gasteiger partial charge on any atom is 0.0889 e. The summed E-state index contributed by atoms with van der Waals surface area (Å²) >= 11 is 0. The number of nitrogens with zero attached hydrogens (tertiary/aromatic N) is 2. The lowest BCUT2D eigenvalue weighted by atomic mass is 10.2. The molecule has 11 heavy (non-hydrogen) atoms. The summed E-state index contributed by atoms with van der Waals surface area (Å²) in [6, 6.07) is 1.97. The van der Waals surface area contributed by atoms with E-state index in [2.05, 4.69) is 10.1 Å². The lowest BCUT2D eigenvalue weighted by Gasteiger charge is -1.94. The van der Waals surface area contributed by atoms with Crippen LogP contribution in [0, 0.1) is 0 Å². The van der Waals surface area contributed by atoms with Gasteiger partial charge in [-0.15, -0.1) is 0 Å². The van der Waals surface area contributed by atoms with Gasteiger partial charge in [-0.3, -0.25) is 4.98 Å². The van der Waals surface area contributed by atoms with Gasteiger partial charge >= 0.3 is 0 Å². The minimum absolute atomic E-state index is 0.758. The summed E-state index contributed by atoms with van der Waals surface area (Å²) in [4.78, 5) is 3.96. The Morgan fingerprint density at radius 2 is 2.36 bits per heavy atom. The summed E-state index contributed by atoms with van der Waals surface area (Å²) in [7, 11) is 0. The Balaban J connectivity index is 2.55. The van der Waals surface area contributed by atoms with Crippen LogP contribution in [0.2, 0.25) is 0 Å². The molecule has 0 saturated carbocycles. The highest BCUT2D eigenvalue weighted by molar-refractivity contribution is 6.03. The van der Waals surface area contributed by atoms with Gasteiger partial charge in [0.25, 0.3) is 0 Å². The predicted molar refractivity (Wildman–Crippen MR) is 40.9 cm³/mol. The Morgan fingerprint density at radius 1 is 1.45 bits per heavy atom. The Hall–Kier alpha value is -1.38. The first kappa shape index (κ1) is 6.34. The second-order valence-corrected chi connectivity index (χ2v) is 2.58. The van der Waals surface area contributed by atoms with Crippen LogP contribution in [0.3, 0.4) is 0 Å². The highest BCUT2D eigenvalue weighted by Gasteiger charge is 2.17. The van der Waals surface area contributed by atoms with Crippen molar-refractivity contribution in [3.8, 4) is 0 Å². The van der Waals surface area contributed by atoms with Crippen molar-refractivity contribution >= 4 is 5.71 Å². The van der Waals surface area contributed by atoms with Crippen molar-refractivity contribution in [2.75, 3.05) is 0 Å². The zero-order chi connectivity index (χ0) is 7.68. The largest absolute Gasteiger partial charge is 0.411 e. The van der Waals surface area contributed by atoms with Gasteiger partial charge in [-0.2, -0.15) is 0 Å². The smallest absolute Gasteiger partial charge is 0.0889 e. The van der Waals surface area contributed by atoms with E-state index < -0.39 is 0 Å². The lowest BCUT2D eigenvalue weighted by Crippen LogP contribution is -1.93. The third-order valence-electron chi connectivity index (χ3n) is 1.97. The molecule has 1 aliphatic rings. The van der Waals surface area contributed by atoms with Crippen LogP contribution >= 0.6 is 0 Å². The molecular weight excluding hydrogens is 140 g/mol. The van der Waals surface area contributed by atoms with Crippen LogP contribution in [-0.2, 0) is 6.42 Å². The second-order valence-electron chi connectivity index (χ2n) is 2.58. The van der Waals surface area contributed by atoms with E-state index in [1.165, 1.54) is 5.56 Å². The van der Waals surface area contributed by atoms with Gasteiger partial charge in [0.05, 0.1) is 5.71 Å². The first-order chi connectivity index (χ1) is 5.42. The number of fused-ring (bicyclic) bond motifs is 1. The van der Waals surface area contributed by atoms with E-state index in [0.29, 0.717) is 0 Å². The molecule has 0 radical (unpaired) electrons. The van der Waals surface area contributed by atoms with Crippen LogP contribution in [0.1, 0.15) is 17.5 Å². The minimum Gasteiger partial charge on any atom is -0.411 e. The van der Waals surface area contributed by atoms with E-state index in [9.17, 15) is 0 Å². The fourth-order valence-electron chi connectivity index (χ4n) is 1.39. The summed E-state index contributed by atoms with van der Waals surface area (Å²) in [5, 5.41) is 11.8. The summed E-state index contributed by atoms with van der Waals surface area (Å²) in [6.07, 6.45) is 5.31. The molecule has 1 heterocycles. The van der Waals surface area contributed by atoms with E-state index in [0.717, 1.165) is 24.1 Å². The molecule has 0 aliphatic heterocycles. The molecule has 0 aromatic carbocycles. The van der Waals surface area contributed by atoms with Crippen molar-refractivity contribution in [2.24, 2.45) is 5.16 Å². The molecule has 1 aliphatic carbocycles. The molecule has 0 spiro atoms. The van der Waals surface area contributed by atoms with E-state index in [4.69, 9.17) is 5.21 Å². The quantitative estimate of drug-likeness (QED) is 0.444. The zero-order valence-corrected chi connectivity index (χ0v) is 5.99. The zero-order valence-electron chi connectivity index (χ0n) is 5.99. The predicted octanol–water partition coefficient (Wildman–Crippen LogP) is 1.21. The van der Waals surface area contributed by atoms with Crippen LogP contribution in [0.25, 0.3) is 0 Å². The third kappa shape index (κ3) is 0.888. The van der Waals surface area contributed by atoms with Gasteiger partial charge in [0.2, 0.25) is 0 Å². The Morgan fingerprint density at radius 3 is 3.18 bits per heavy atom. The maximum absolute atomic E-state index is 8.57. The molecule has 3 nitrogen and oxygen atoms in total. The molecule has 3 heteroatoms. The number of aryl methyl sites for hydroxylation is 1. The molecule has 0 saturated heterocycles. The standard InChI is InChI=1S/C8H8N2O/c11-10-8-2-1-6-3-4-9-5-7(6)8/h3-5,11H,1-2H2/b10-8+. The van der Waals surface area contributed by atoms with Gasteiger partial charge in [0, 0.05) is 18.0 Å². The van der Waals surface area contributed by atoms with E-state index in [-0.39, 0.29) is 0 Å². The first-order valence-corrected chi connectivity index (χ1v) is 3.56. The van der Waals surface area contributed by atoms with E-state index in [1.54, 1.807) is 12.4 Å². The van der Waals surface area contributed by atoms with Crippen molar-refractivity contribution in [1.29, 1.82) is 0 Å². The summed E-state index contributed by atoms with van der Waals surface area (Å²) in [6.45, 7) is 0. The van der Waals surface area contributed by atoms with Gasteiger partial charge in [0.1, 0.15) is 0 Å². The van der Waals surface area contributed by atoms with Gasteiger partial charge in [0.15, 0.2) is 0 Å². The van der Waals surface area contributed by atoms with Gasteiger partial charge in [-0.1, -0.05) is 5.16 Å². The highest BCUT2D eigenvalue weighted by Crippen LogP contribution is 2.20. The van der Waals surface area contributed by atoms with Crippen molar-refractivity contribution in [1.82, 2.24) is 4.98 Å². The lowest BCUT2D eigenvalue weighted by molar-refractivity contribution is 0.318. The van der Waals surface area contributed by atoms with Crippen molar-refractivity contribution in [2.45, 2.75) is 12.8 Å². The Kier molecular flexibility index (Phi) is 1.35. The fourth-order valence-corrected chi connectivity index (χ4v) is 1.39. The van der Waals surface area contributed by atoms with E-state index >= 15 is 0 Å². The Labute approximate surface area is 64.4 Å². The van der Waals surface area contributed by atoms with Crippen LogP contribution in [0.5, 0.6) is 0 Å². The second kappa shape index (κ2) is 2.34. The molecular formula is C8H8N2O. The number of oxime groups is 1. The number of aromatic nitrogens is 1. The number of pyridine rings is 1. The molecule has 0 atom stereocenters. The average molecular weight is 148 g/mol.